The average Bonchev–Trinajstić information content (AvgIpc) is 2.37. The van der Waals surface area contributed by atoms with Gasteiger partial charge in [0, 0.05) is 7.11 Å². The molecule has 0 bridgehead atoms. The lowest BCUT2D eigenvalue weighted by atomic mass is 9.88. The Kier molecular flexibility index (Phi) is 7.25. The highest BCUT2D eigenvalue weighted by Crippen LogP contribution is 2.25. The number of carbonyl (C=O) groups is 1. The minimum atomic E-state index is -0.362. The minimum Gasteiger partial charge on any atom is -0.467 e. The quantitative estimate of drug-likeness (QED) is 0.712. The lowest BCUT2D eigenvalue weighted by molar-refractivity contribution is -0.156. The summed E-state index contributed by atoms with van der Waals surface area (Å²) in [5.41, 5.74) is 0. The molecule has 1 saturated carbocycles. The van der Waals surface area contributed by atoms with E-state index in [0.717, 1.165) is 12.8 Å². The van der Waals surface area contributed by atoms with E-state index < -0.39 is 0 Å². The van der Waals surface area contributed by atoms with Crippen LogP contribution in [0, 0.1) is 5.92 Å². The van der Waals surface area contributed by atoms with E-state index in [2.05, 4.69) is 0 Å². The molecular formula is C14H26O3. The van der Waals surface area contributed by atoms with Crippen LogP contribution in [0.2, 0.25) is 0 Å². The monoisotopic (exact) mass is 242 g/mol. The molecule has 1 aliphatic carbocycles. The van der Waals surface area contributed by atoms with E-state index >= 15 is 0 Å². The third-order valence-corrected chi connectivity index (χ3v) is 3.77. The summed E-state index contributed by atoms with van der Waals surface area (Å²) in [6.45, 7) is 0. The van der Waals surface area contributed by atoms with E-state index in [0.29, 0.717) is 5.92 Å². The summed E-state index contributed by atoms with van der Waals surface area (Å²) in [4.78, 5) is 11.6. The van der Waals surface area contributed by atoms with Crippen molar-refractivity contribution in [3.63, 3.8) is 0 Å². The summed E-state index contributed by atoms with van der Waals surface area (Å²) in [5, 5.41) is 0. The predicted octanol–water partition coefficient (Wildman–Crippen LogP) is 3.32. The summed E-state index contributed by atoms with van der Waals surface area (Å²) < 4.78 is 10.2. The van der Waals surface area contributed by atoms with E-state index in [1.54, 1.807) is 7.11 Å². The maximum absolute atomic E-state index is 11.6. The molecule has 0 N–H and O–H groups in total. The molecule has 0 heterocycles. The highest BCUT2D eigenvalue weighted by atomic mass is 16.6. The fraction of sp³-hybridized carbons (Fsp3) is 0.929. The molecule has 0 saturated heterocycles. The van der Waals surface area contributed by atoms with Crippen molar-refractivity contribution in [3.8, 4) is 0 Å². The molecule has 0 aliphatic heterocycles. The molecule has 0 radical (unpaired) electrons. The van der Waals surface area contributed by atoms with Gasteiger partial charge < -0.3 is 9.47 Å². The van der Waals surface area contributed by atoms with Crippen LogP contribution >= 0.6 is 0 Å². The van der Waals surface area contributed by atoms with Crippen LogP contribution in [0.1, 0.15) is 57.8 Å². The zero-order valence-electron chi connectivity index (χ0n) is 11.2. The normalized spacial score (nSPS) is 21.8. The van der Waals surface area contributed by atoms with E-state index in [1.165, 1.54) is 52.1 Å². The number of rotatable bonds is 3. The van der Waals surface area contributed by atoms with Gasteiger partial charge in [0.25, 0.3) is 0 Å². The van der Waals surface area contributed by atoms with Crippen LogP contribution < -0.4 is 0 Å². The first kappa shape index (κ1) is 14.5. The van der Waals surface area contributed by atoms with Crippen molar-refractivity contribution in [1.82, 2.24) is 0 Å². The van der Waals surface area contributed by atoms with Crippen LogP contribution in [0.25, 0.3) is 0 Å². The molecule has 1 unspecified atom stereocenters. The number of esters is 1. The van der Waals surface area contributed by atoms with E-state index in [1.807, 2.05) is 0 Å². The zero-order valence-corrected chi connectivity index (χ0v) is 11.2. The number of ether oxygens (including phenoxy) is 2. The van der Waals surface area contributed by atoms with E-state index in [4.69, 9.17) is 9.47 Å². The average molecular weight is 242 g/mol. The van der Waals surface area contributed by atoms with Gasteiger partial charge in [0.15, 0.2) is 6.10 Å². The molecule has 1 atom stereocenters. The summed E-state index contributed by atoms with van der Waals surface area (Å²) in [7, 11) is 3.05. The van der Waals surface area contributed by atoms with Crippen molar-refractivity contribution in [2.75, 3.05) is 14.2 Å². The molecule has 0 amide bonds. The molecule has 1 fully saturated rings. The van der Waals surface area contributed by atoms with Gasteiger partial charge in [-0.05, 0) is 18.8 Å². The fourth-order valence-corrected chi connectivity index (χ4v) is 2.74. The molecule has 0 spiro atoms. The van der Waals surface area contributed by atoms with E-state index in [9.17, 15) is 4.79 Å². The van der Waals surface area contributed by atoms with Crippen molar-refractivity contribution in [2.45, 2.75) is 63.9 Å². The Bertz CT molecular complexity index is 206. The Morgan fingerprint density at radius 3 is 1.82 bits per heavy atom. The number of carbonyl (C=O) groups excluding carboxylic acids is 1. The maximum Gasteiger partial charge on any atom is 0.335 e. The summed E-state index contributed by atoms with van der Waals surface area (Å²) in [6, 6.07) is 0. The van der Waals surface area contributed by atoms with E-state index in [-0.39, 0.29) is 12.1 Å². The molecule has 0 aromatic heterocycles. The van der Waals surface area contributed by atoms with Crippen molar-refractivity contribution in [3.05, 3.63) is 0 Å². The van der Waals surface area contributed by atoms with Crippen LogP contribution in [-0.2, 0) is 14.3 Å². The molecule has 3 heteroatoms. The van der Waals surface area contributed by atoms with Crippen LogP contribution in [0.15, 0.2) is 0 Å². The predicted molar refractivity (Wildman–Crippen MR) is 67.9 cm³/mol. The molecule has 100 valence electrons. The Morgan fingerprint density at radius 2 is 1.41 bits per heavy atom. The van der Waals surface area contributed by atoms with Crippen LogP contribution in [0.5, 0.6) is 0 Å². The fourth-order valence-electron chi connectivity index (χ4n) is 2.74. The minimum absolute atomic E-state index is 0.213. The van der Waals surface area contributed by atoms with Crippen LogP contribution in [0.3, 0.4) is 0 Å². The first-order valence-corrected chi connectivity index (χ1v) is 6.90. The molecule has 0 aromatic carbocycles. The van der Waals surface area contributed by atoms with Crippen molar-refractivity contribution in [1.29, 1.82) is 0 Å². The van der Waals surface area contributed by atoms with Gasteiger partial charge in [0.2, 0.25) is 0 Å². The Morgan fingerprint density at radius 1 is 0.941 bits per heavy atom. The third-order valence-electron chi connectivity index (χ3n) is 3.77. The van der Waals surface area contributed by atoms with Gasteiger partial charge in [0.05, 0.1) is 7.11 Å². The van der Waals surface area contributed by atoms with Gasteiger partial charge in [0.1, 0.15) is 0 Å². The maximum atomic E-state index is 11.6. The smallest absolute Gasteiger partial charge is 0.335 e. The molecule has 17 heavy (non-hydrogen) atoms. The molecule has 3 nitrogen and oxygen atoms in total. The Hall–Kier alpha value is -0.570. The van der Waals surface area contributed by atoms with Gasteiger partial charge in [-0.2, -0.15) is 0 Å². The van der Waals surface area contributed by atoms with Gasteiger partial charge >= 0.3 is 5.97 Å². The molecule has 1 rings (SSSR count). The summed E-state index contributed by atoms with van der Waals surface area (Å²) >= 11 is 0. The van der Waals surface area contributed by atoms with Crippen LogP contribution in [0.4, 0.5) is 0 Å². The SMILES string of the molecule is COC(=O)C(OC)C1CCCCCCCCC1. The largest absolute Gasteiger partial charge is 0.467 e. The standard InChI is InChI=1S/C14H26O3/c1-16-13(14(15)17-2)12-10-8-6-4-3-5-7-9-11-12/h12-13H,3-11H2,1-2H3. The summed E-state index contributed by atoms with van der Waals surface area (Å²) in [5.74, 6) is 0.125. The van der Waals surface area contributed by atoms with Crippen molar-refractivity contribution >= 4 is 5.97 Å². The molecule has 0 aromatic rings. The van der Waals surface area contributed by atoms with Gasteiger partial charge in [-0.1, -0.05) is 44.9 Å². The first-order valence-electron chi connectivity index (χ1n) is 6.90. The Balaban J connectivity index is 2.52. The Labute approximate surface area is 105 Å². The molecular weight excluding hydrogens is 216 g/mol. The van der Waals surface area contributed by atoms with Crippen molar-refractivity contribution < 1.29 is 14.3 Å². The third kappa shape index (κ3) is 5.07. The van der Waals surface area contributed by atoms with Gasteiger partial charge in [-0.3, -0.25) is 0 Å². The lowest BCUT2D eigenvalue weighted by Gasteiger charge is -2.24. The highest BCUT2D eigenvalue weighted by Gasteiger charge is 2.28. The molecule has 1 aliphatic rings. The number of methoxy groups -OCH3 is 2. The van der Waals surface area contributed by atoms with Crippen molar-refractivity contribution in [2.24, 2.45) is 5.92 Å². The summed E-state index contributed by atoms with van der Waals surface area (Å²) in [6.07, 6.45) is 10.9. The number of hydrogen-bond acceptors (Lipinski definition) is 3. The topological polar surface area (TPSA) is 35.5 Å². The second kappa shape index (κ2) is 8.51. The van der Waals surface area contributed by atoms with Gasteiger partial charge in [-0.25, -0.2) is 4.79 Å². The zero-order chi connectivity index (χ0) is 12.5. The van der Waals surface area contributed by atoms with Gasteiger partial charge in [-0.15, -0.1) is 0 Å². The highest BCUT2D eigenvalue weighted by molar-refractivity contribution is 5.74. The lowest BCUT2D eigenvalue weighted by Crippen LogP contribution is -2.33. The van der Waals surface area contributed by atoms with Crippen LogP contribution in [-0.4, -0.2) is 26.3 Å². The second-order valence-electron chi connectivity index (χ2n) is 4.99. The first-order chi connectivity index (χ1) is 8.29. The second-order valence-corrected chi connectivity index (χ2v) is 4.99. The number of hydrogen-bond donors (Lipinski definition) is 0.